The van der Waals surface area contributed by atoms with Crippen LogP contribution in [0.5, 0.6) is 0 Å². The number of piperidine rings is 1. The van der Waals surface area contributed by atoms with Crippen LogP contribution in [0.2, 0.25) is 0 Å². The Labute approximate surface area is 115 Å². The van der Waals surface area contributed by atoms with E-state index >= 15 is 0 Å². The number of aromatic nitrogens is 2. The van der Waals surface area contributed by atoms with Gasteiger partial charge in [0.25, 0.3) is 0 Å². The smallest absolute Gasteiger partial charge is 0.0771 e. The fourth-order valence-electron chi connectivity index (χ4n) is 3.57. The largest absolute Gasteiger partial charge is 0.317 e. The SMILES string of the molecule is c1cnnc(CN2CCCC3(CCNCC3)CC2)c1. The molecular weight excluding hydrogens is 236 g/mol. The second-order valence-corrected chi connectivity index (χ2v) is 6.09. The Morgan fingerprint density at radius 3 is 2.84 bits per heavy atom. The molecule has 2 aliphatic heterocycles. The van der Waals surface area contributed by atoms with Crippen molar-refractivity contribution >= 4 is 0 Å². The molecule has 1 N–H and O–H groups in total. The Morgan fingerprint density at radius 1 is 1.16 bits per heavy atom. The van der Waals surface area contributed by atoms with Gasteiger partial charge in [-0.1, -0.05) is 0 Å². The molecule has 0 bridgehead atoms. The maximum atomic E-state index is 4.21. The second-order valence-electron chi connectivity index (χ2n) is 6.09. The van der Waals surface area contributed by atoms with E-state index in [2.05, 4.69) is 26.5 Å². The van der Waals surface area contributed by atoms with E-state index in [4.69, 9.17) is 0 Å². The lowest BCUT2D eigenvalue weighted by molar-refractivity contribution is 0.167. The van der Waals surface area contributed by atoms with Crippen molar-refractivity contribution in [3.8, 4) is 0 Å². The summed E-state index contributed by atoms with van der Waals surface area (Å²) in [6.07, 6.45) is 8.58. The summed E-state index contributed by atoms with van der Waals surface area (Å²) < 4.78 is 0. The molecule has 0 unspecified atom stereocenters. The van der Waals surface area contributed by atoms with Crippen LogP contribution >= 0.6 is 0 Å². The number of hydrogen-bond acceptors (Lipinski definition) is 4. The number of likely N-dealkylation sites (tertiary alicyclic amines) is 1. The summed E-state index contributed by atoms with van der Waals surface area (Å²) in [7, 11) is 0. The zero-order chi connectivity index (χ0) is 13.0. The summed E-state index contributed by atoms with van der Waals surface area (Å²) in [6, 6.07) is 4.06. The molecule has 0 aliphatic carbocycles. The molecule has 1 aromatic heterocycles. The van der Waals surface area contributed by atoms with Crippen molar-refractivity contribution in [1.82, 2.24) is 20.4 Å². The van der Waals surface area contributed by atoms with Crippen molar-refractivity contribution in [1.29, 1.82) is 0 Å². The highest BCUT2D eigenvalue weighted by Crippen LogP contribution is 2.39. The number of hydrogen-bond donors (Lipinski definition) is 1. The molecule has 4 nitrogen and oxygen atoms in total. The highest BCUT2D eigenvalue weighted by Gasteiger charge is 2.33. The van der Waals surface area contributed by atoms with Crippen LogP contribution in [0, 0.1) is 5.41 Å². The Kier molecular flexibility index (Phi) is 4.09. The van der Waals surface area contributed by atoms with Crippen LogP contribution < -0.4 is 5.32 Å². The Bertz CT molecular complexity index is 386. The molecule has 0 radical (unpaired) electrons. The van der Waals surface area contributed by atoms with Gasteiger partial charge >= 0.3 is 0 Å². The molecular formula is C15H24N4. The van der Waals surface area contributed by atoms with Crippen molar-refractivity contribution in [3.05, 3.63) is 24.0 Å². The van der Waals surface area contributed by atoms with Gasteiger partial charge in [0.2, 0.25) is 0 Å². The molecule has 3 rings (SSSR count). The van der Waals surface area contributed by atoms with Crippen LogP contribution in [-0.4, -0.2) is 41.3 Å². The van der Waals surface area contributed by atoms with E-state index in [0.29, 0.717) is 5.41 Å². The van der Waals surface area contributed by atoms with Crippen molar-refractivity contribution < 1.29 is 0 Å². The zero-order valence-electron chi connectivity index (χ0n) is 11.6. The van der Waals surface area contributed by atoms with E-state index in [1.165, 1.54) is 58.3 Å². The molecule has 2 aliphatic rings. The highest BCUT2D eigenvalue weighted by molar-refractivity contribution is 4.99. The maximum absolute atomic E-state index is 4.21. The first kappa shape index (κ1) is 13.0. The van der Waals surface area contributed by atoms with E-state index < -0.39 is 0 Å². The molecule has 4 heteroatoms. The second kappa shape index (κ2) is 5.97. The predicted octanol–water partition coefficient (Wildman–Crippen LogP) is 1.83. The molecule has 1 spiro atoms. The Morgan fingerprint density at radius 2 is 2.05 bits per heavy atom. The fraction of sp³-hybridized carbons (Fsp3) is 0.733. The molecule has 2 saturated heterocycles. The predicted molar refractivity (Wildman–Crippen MR) is 75.7 cm³/mol. The first-order valence-corrected chi connectivity index (χ1v) is 7.56. The van der Waals surface area contributed by atoms with Gasteiger partial charge < -0.3 is 5.32 Å². The van der Waals surface area contributed by atoms with E-state index in [0.717, 1.165) is 12.2 Å². The molecule has 0 saturated carbocycles. The summed E-state index contributed by atoms with van der Waals surface area (Å²) in [5.74, 6) is 0. The van der Waals surface area contributed by atoms with Gasteiger partial charge in [0.05, 0.1) is 5.69 Å². The quantitative estimate of drug-likeness (QED) is 0.881. The first-order chi connectivity index (χ1) is 9.36. The van der Waals surface area contributed by atoms with E-state index in [1.54, 1.807) is 6.20 Å². The third-order valence-electron chi connectivity index (χ3n) is 4.82. The minimum atomic E-state index is 0.627. The van der Waals surface area contributed by atoms with Gasteiger partial charge in [0.1, 0.15) is 0 Å². The van der Waals surface area contributed by atoms with Crippen molar-refractivity contribution in [3.63, 3.8) is 0 Å². The monoisotopic (exact) mass is 260 g/mol. The summed E-state index contributed by atoms with van der Waals surface area (Å²) >= 11 is 0. The fourth-order valence-corrected chi connectivity index (χ4v) is 3.57. The molecule has 1 aromatic rings. The van der Waals surface area contributed by atoms with Gasteiger partial charge in [-0.15, -0.1) is 0 Å². The third-order valence-corrected chi connectivity index (χ3v) is 4.82. The Hall–Kier alpha value is -1.00. The summed E-state index contributed by atoms with van der Waals surface area (Å²) in [4.78, 5) is 2.56. The topological polar surface area (TPSA) is 41.1 Å². The van der Waals surface area contributed by atoms with E-state index in [-0.39, 0.29) is 0 Å². The first-order valence-electron chi connectivity index (χ1n) is 7.56. The number of nitrogens with one attached hydrogen (secondary N) is 1. The molecule has 3 heterocycles. The summed E-state index contributed by atoms with van der Waals surface area (Å²) in [5.41, 5.74) is 1.73. The van der Waals surface area contributed by atoms with Crippen molar-refractivity contribution in [2.75, 3.05) is 26.2 Å². The number of rotatable bonds is 2. The maximum Gasteiger partial charge on any atom is 0.0771 e. The van der Waals surface area contributed by atoms with Crippen LogP contribution in [0.1, 0.15) is 37.8 Å². The van der Waals surface area contributed by atoms with Gasteiger partial charge in [-0.05, 0) is 75.8 Å². The zero-order valence-corrected chi connectivity index (χ0v) is 11.6. The lowest BCUT2D eigenvalue weighted by atomic mass is 9.73. The van der Waals surface area contributed by atoms with Gasteiger partial charge in [-0.3, -0.25) is 4.90 Å². The van der Waals surface area contributed by atoms with Crippen molar-refractivity contribution in [2.45, 2.75) is 38.6 Å². The average Bonchev–Trinajstić information content (AvgIpc) is 2.64. The third kappa shape index (κ3) is 3.31. The minimum Gasteiger partial charge on any atom is -0.317 e. The van der Waals surface area contributed by atoms with Gasteiger partial charge in [-0.25, -0.2) is 0 Å². The summed E-state index contributed by atoms with van der Waals surface area (Å²) in [6.45, 7) is 5.82. The van der Waals surface area contributed by atoms with Crippen LogP contribution in [0.25, 0.3) is 0 Å². The van der Waals surface area contributed by atoms with Gasteiger partial charge in [0.15, 0.2) is 0 Å². The molecule has 0 aromatic carbocycles. The molecule has 0 amide bonds. The molecule has 0 atom stereocenters. The van der Waals surface area contributed by atoms with E-state index in [1.807, 2.05) is 6.07 Å². The molecule has 2 fully saturated rings. The lowest BCUT2D eigenvalue weighted by Gasteiger charge is -2.37. The lowest BCUT2D eigenvalue weighted by Crippen LogP contribution is -2.37. The van der Waals surface area contributed by atoms with Crippen LogP contribution in [0.15, 0.2) is 18.3 Å². The van der Waals surface area contributed by atoms with Gasteiger partial charge in [-0.2, -0.15) is 10.2 Å². The highest BCUT2D eigenvalue weighted by atomic mass is 15.2. The normalized spacial score (nSPS) is 24.2. The van der Waals surface area contributed by atoms with Crippen molar-refractivity contribution in [2.24, 2.45) is 5.41 Å². The molecule has 104 valence electrons. The standard InChI is InChI=1S/C15H24N4/c1-3-14(18-17-8-1)13-19-11-2-4-15(7-12-19)5-9-16-10-6-15/h1,3,8,16H,2,4-7,9-13H2. The number of nitrogens with zero attached hydrogens (tertiary/aromatic N) is 3. The Balaban J connectivity index is 1.58. The molecule has 19 heavy (non-hydrogen) atoms. The van der Waals surface area contributed by atoms with Crippen LogP contribution in [0.3, 0.4) is 0 Å². The minimum absolute atomic E-state index is 0.627. The van der Waals surface area contributed by atoms with Crippen LogP contribution in [-0.2, 0) is 6.54 Å². The van der Waals surface area contributed by atoms with E-state index in [9.17, 15) is 0 Å². The van der Waals surface area contributed by atoms with Crippen LogP contribution in [0.4, 0.5) is 0 Å². The summed E-state index contributed by atoms with van der Waals surface area (Å²) in [5, 5.41) is 11.7. The van der Waals surface area contributed by atoms with Gasteiger partial charge in [0, 0.05) is 12.7 Å². The average molecular weight is 260 g/mol.